The Hall–Kier alpha value is -0.640. The zero-order chi connectivity index (χ0) is 9.68. The van der Waals surface area contributed by atoms with Gasteiger partial charge in [-0.2, -0.15) is 0 Å². The monoisotopic (exact) mass is 243 g/mol. The zero-order valence-electron chi connectivity index (χ0n) is 8.00. The van der Waals surface area contributed by atoms with Crippen molar-refractivity contribution in [2.24, 2.45) is 0 Å². The summed E-state index contributed by atoms with van der Waals surface area (Å²) in [5.41, 5.74) is 1.11. The molecule has 0 saturated carbocycles. The van der Waals surface area contributed by atoms with E-state index in [0.717, 1.165) is 29.9 Å². The molecule has 0 radical (unpaired) electrons. The van der Waals surface area contributed by atoms with Crippen molar-refractivity contribution in [3.05, 3.63) is 18.0 Å². The second kappa shape index (κ2) is 5.17. The van der Waals surface area contributed by atoms with E-state index >= 15 is 0 Å². The first-order valence-electron chi connectivity index (χ1n) is 4.43. The van der Waals surface area contributed by atoms with Crippen LogP contribution >= 0.6 is 15.9 Å². The molecule has 0 aliphatic heterocycles. The van der Waals surface area contributed by atoms with Crippen LogP contribution in [0.3, 0.4) is 0 Å². The molecule has 1 aromatic rings. The average molecular weight is 244 g/mol. The quantitative estimate of drug-likeness (QED) is 0.760. The molecule has 0 unspecified atom stereocenters. The molecular formula is C9H14BrN3. The van der Waals surface area contributed by atoms with E-state index in [1.165, 1.54) is 0 Å². The van der Waals surface area contributed by atoms with Gasteiger partial charge >= 0.3 is 0 Å². The van der Waals surface area contributed by atoms with Crippen LogP contribution in [0.4, 0.5) is 5.95 Å². The molecule has 0 spiro atoms. The maximum Gasteiger partial charge on any atom is 0.225 e. The summed E-state index contributed by atoms with van der Waals surface area (Å²) in [6.45, 7) is 6.10. The van der Waals surface area contributed by atoms with E-state index in [9.17, 15) is 0 Å². The van der Waals surface area contributed by atoms with E-state index in [1.807, 2.05) is 12.4 Å². The molecule has 0 N–H and O–H groups in total. The summed E-state index contributed by atoms with van der Waals surface area (Å²) < 4.78 is 0. The van der Waals surface area contributed by atoms with Crippen LogP contribution in [0.25, 0.3) is 0 Å². The van der Waals surface area contributed by atoms with Gasteiger partial charge in [0.1, 0.15) is 0 Å². The summed E-state index contributed by atoms with van der Waals surface area (Å²) >= 11 is 3.36. The second-order valence-corrected chi connectivity index (χ2v) is 3.26. The maximum absolute atomic E-state index is 4.28. The van der Waals surface area contributed by atoms with Crippen molar-refractivity contribution in [2.75, 3.05) is 18.0 Å². The van der Waals surface area contributed by atoms with Crippen LogP contribution in [0.15, 0.2) is 12.4 Å². The van der Waals surface area contributed by atoms with Crippen molar-refractivity contribution in [1.29, 1.82) is 0 Å². The van der Waals surface area contributed by atoms with Gasteiger partial charge in [-0.05, 0) is 19.4 Å². The Bertz CT molecular complexity index is 244. The highest BCUT2D eigenvalue weighted by molar-refractivity contribution is 9.08. The molecular weight excluding hydrogens is 230 g/mol. The zero-order valence-corrected chi connectivity index (χ0v) is 9.58. The highest BCUT2D eigenvalue weighted by Gasteiger charge is 2.03. The molecule has 3 nitrogen and oxygen atoms in total. The smallest absolute Gasteiger partial charge is 0.225 e. The van der Waals surface area contributed by atoms with Crippen LogP contribution < -0.4 is 4.90 Å². The molecule has 0 aliphatic carbocycles. The highest BCUT2D eigenvalue weighted by atomic mass is 79.9. The van der Waals surface area contributed by atoms with Crippen molar-refractivity contribution in [2.45, 2.75) is 19.2 Å². The number of anilines is 1. The molecule has 13 heavy (non-hydrogen) atoms. The van der Waals surface area contributed by atoms with E-state index in [0.29, 0.717) is 0 Å². The SMILES string of the molecule is CCN(CC)c1ncc(CBr)cn1. The number of hydrogen-bond acceptors (Lipinski definition) is 3. The minimum absolute atomic E-state index is 0.811. The van der Waals surface area contributed by atoms with Gasteiger partial charge in [0, 0.05) is 30.8 Å². The van der Waals surface area contributed by atoms with Crippen molar-refractivity contribution < 1.29 is 0 Å². The Morgan fingerprint density at radius 1 is 1.23 bits per heavy atom. The molecule has 72 valence electrons. The minimum Gasteiger partial charge on any atom is -0.341 e. The van der Waals surface area contributed by atoms with Gasteiger partial charge in [0.25, 0.3) is 0 Å². The van der Waals surface area contributed by atoms with Gasteiger partial charge in [0.05, 0.1) is 0 Å². The first-order valence-corrected chi connectivity index (χ1v) is 5.55. The lowest BCUT2D eigenvalue weighted by Crippen LogP contribution is -2.24. The fourth-order valence-corrected chi connectivity index (χ4v) is 1.38. The molecule has 0 atom stereocenters. The van der Waals surface area contributed by atoms with Crippen LogP contribution in [0, 0.1) is 0 Å². The first-order chi connectivity index (χ1) is 6.31. The van der Waals surface area contributed by atoms with Gasteiger partial charge in [-0.3, -0.25) is 0 Å². The number of aromatic nitrogens is 2. The Morgan fingerprint density at radius 2 is 1.77 bits per heavy atom. The lowest BCUT2D eigenvalue weighted by atomic mass is 10.4. The number of nitrogens with zero attached hydrogens (tertiary/aromatic N) is 3. The van der Waals surface area contributed by atoms with Crippen LogP contribution in [-0.4, -0.2) is 23.1 Å². The van der Waals surface area contributed by atoms with Gasteiger partial charge in [-0.25, -0.2) is 9.97 Å². The molecule has 1 aromatic heterocycles. The fourth-order valence-electron chi connectivity index (χ4n) is 1.09. The summed E-state index contributed by atoms with van der Waals surface area (Å²) in [5, 5.41) is 0.811. The summed E-state index contributed by atoms with van der Waals surface area (Å²) in [4.78, 5) is 10.7. The van der Waals surface area contributed by atoms with Gasteiger partial charge in [0.2, 0.25) is 5.95 Å². The van der Waals surface area contributed by atoms with Crippen LogP contribution in [-0.2, 0) is 5.33 Å². The molecule has 0 saturated heterocycles. The Balaban J connectivity index is 2.78. The van der Waals surface area contributed by atoms with Gasteiger partial charge in [-0.15, -0.1) is 0 Å². The van der Waals surface area contributed by atoms with Crippen molar-refractivity contribution in [1.82, 2.24) is 9.97 Å². The summed E-state index contributed by atoms with van der Waals surface area (Å²) in [6, 6.07) is 0. The molecule has 4 heteroatoms. The lowest BCUT2D eigenvalue weighted by molar-refractivity contribution is 0.819. The van der Waals surface area contributed by atoms with E-state index in [-0.39, 0.29) is 0 Å². The Kier molecular flexibility index (Phi) is 4.15. The Morgan fingerprint density at radius 3 is 2.15 bits per heavy atom. The number of rotatable bonds is 4. The summed E-state index contributed by atoms with van der Waals surface area (Å²) in [5.74, 6) is 0.815. The Labute approximate surface area is 87.3 Å². The average Bonchev–Trinajstić information content (AvgIpc) is 2.21. The topological polar surface area (TPSA) is 29.0 Å². The molecule has 0 bridgehead atoms. The molecule has 0 aromatic carbocycles. The molecule has 0 amide bonds. The van der Waals surface area contributed by atoms with E-state index in [4.69, 9.17) is 0 Å². The van der Waals surface area contributed by atoms with Crippen molar-refractivity contribution in [3.63, 3.8) is 0 Å². The third-order valence-electron chi connectivity index (χ3n) is 1.89. The van der Waals surface area contributed by atoms with Crippen LogP contribution in [0.1, 0.15) is 19.4 Å². The second-order valence-electron chi connectivity index (χ2n) is 2.70. The van der Waals surface area contributed by atoms with Crippen molar-refractivity contribution in [3.8, 4) is 0 Å². The predicted octanol–water partition coefficient (Wildman–Crippen LogP) is 2.22. The fraction of sp³-hybridized carbons (Fsp3) is 0.556. The molecule has 1 rings (SSSR count). The molecule has 0 fully saturated rings. The predicted molar refractivity (Wildman–Crippen MR) is 58.2 cm³/mol. The number of hydrogen-bond donors (Lipinski definition) is 0. The van der Waals surface area contributed by atoms with Gasteiger partial charge < -0.3 is 4.90 Å². The molecule has 0 aliphatic rings. The van der Waals surface area contributed by atoms with Crippen LogP contribution in [0.2, 0.25) is 0 Å². The van der Waals surface area contributed by atoms with Crippen LogP contribution in [0.5, 0.6) is 0 Å². The number of halogens is 1. The highest BCUT2D eigenvalue weighted by Crippen LogP contribution is 2.08. The van der Waals surface area contributed by atoms with E-state index in [1.54, 1.807) is 0 Å². The maximum atomic E-state index is 4.28. The van der Waals surface area contributed by atoms with Gasteiger partial charge in [0.15, 0.2) is 0 Å². The summed E-state index contributed by atoms with van der Waals surface area (Å²) in [6.07, 6.45) is 3.71. The van der Waals surface area contributed by atoms with E-state index < -0.39 is 0 Å². The first kappa shape index (κ1) is 10.4. The largest absolute Gasteiger partial charge is 0.341 e. The lowest BCUT2D eigenvalue weighted by Gasteiger charge is -2.17. The minimum atomic E-state index is 0.811. The normalized spacial score (nSPS) is 10.1. The summed E-state index contributed by atoms with van der Waals surface area (Å²) in [7, 11) is 0. The third-order valence-corrected chi connectivity index (χ3v) is 2.54. The standard InChI is InChI=1S/C9H14BrN3/c1-3-13(4-2)9-11-6-8(5-10)7-12-9/h6-7H,3-5H2,1-2H3. The molecule has 1 heterocycles. The third kappa shape index (κ3) is 2.66. The van der Waals surface area contributed by atoms with Gasteiger partial charge in [-0.1, -0.05) is 15.9 Å². The number of alkyl halides is 1. The van der Waals surface area contributed by atoms with Crippen molar-refractivity contribution >= 4 is 21.9 Å². The van der Waals surface area contributed by atoms with E-state index in [2.05, 4.69) is 44.6 Å².